The fraction of sp³-hybridized carbons (Fsp3) is 0.500. The van der Waals surface area contributed by atoms with Gasteiger partial charge in [-0.15, -0.1) is 6.42 Å². The third kappa shape index (κ3) is 3.43. The molecule has 0 bridgehead atoms. The second-order valence-electron chi connectivity index (χ2n) is 3.48. The maximum atomic E-state index is 5.67. The highest BCUT2D eigenvalue weighted by atomic mass is 16.3. The van der Waals surface area contributed by atoms with Gasteiger partial charge in [0.05, 0.1) is 18.3 Å². The van der Waals surface area contributed by atoms with E-state index in [1.54, 1.807) is 6.26 Å². The summed E-state index contributed by atoms with van der Waals surface area (Å²) in [6, 6.07) is 3.83. The average molecular weight is 206 g/mol. The Morgan fingerprint density at radius 1 is 1.67 bits per heavy atom. The van der Waals surface area contributed by atoms with E-state index in [1.165, 1.54) is 0 Å². The minimum atomic E-state index is 0.00704. The Balaban J connectivity index is 2.57. The van der Waals surface area contributed by atoms with Crippen LogP contribution in [-0.2, 0) is 0 Å². The lowest BCUT2D eigenvalue weighted by Gasteiger charge is -2.19. The molecule has 82 valence electrons. The maximum Gasteiger partial charge on any atom is 0.122 e. The highest BCUT2D eigenvalue weighted by Gasteiger charge is 2.15. The highest BCUT2D eigenvalue weighted by Crippen LogP contribution is 2.13. The number of hydrogen-bond acceptors (Lipinski definition) is 3. The molecule has 0 saturated heterocycles. The van der Waals surface area contributed by atoms with Crippen molar-refractivity contribution in [2.24, 2.45) is 5.73 Å². The van der Waals surface area contributed by atoms with Crippen LogP contribution in [0.1, 0.15) is 31.6 Å². The monoisotopic (exact) mass is 206 g/mol. The number of terminal acetylenes is 1. The molecule has 0 fully saturated rings. The van der Waals surface area contributed by atoms with E-state index in [2.05, 4.69) is 18.2 Å². The third-order valence-corrected chi connectivity index (χ3v) is 2.30. The van der Waals surface area contributed by atoms with Crippen LogP contribution in [-0.4, -0.2) is 12.6 Å². The fourth-order valence-corrected chi connectivity index (χ4v) is 1.50. The smallest absolute Gasteiger partial charge is 0.122 e. The van der Waals surface area contributed by atoms with Crippen LogP contribution in [0.25, 0.3) is 0 Å². The summed E-state index contributed by atoms with van der Waals surface area (Å²) in [5.41, 5.74) is 5.67. The van der Waals surface area contributed by atoms with Crippen molar-refractivity contribution in [3.8, 4) is 12.3 Å². The van der Waals surface area contributed by atoms with E-state index < -0.39 is 0 Å². The molecule has 15 heavy (non-hydrogen) atoms. The topological polar surface area (TPSA) is 51.2 Å². The van der Waals surface area contributed by atoms with E-state index in [0.717, 1.165) is 18.6 Å². The largest absolute Gasteiger partial charge is 0.468 e. The molecule has 1 rings (SSSR count). The molecule has 3 nitrogen and oxygen atoms in total. The van der Waals surface area contributed by atoms with Crippen molar-refractivity contribution in [3.05, 3.63) is 24.2 Å². The van der Waals surface area contributed by atoms with Gasteiger partial charge in [-0.1, -0.05) is 19.3 Å². The molecule has 1 aromatic rings. The van der Waals surface area contributed by atoms with Crippen molar-refractivity contribution >= 4 is 0 Å². The Bertz CT molecular complexity index is 300. The molecule has 0 spiro atoms. The number of hydrogen-bond donors (Lipinski definition) is 2. The van der Waals surface area contributed by atoms with Gasteiger partial charge in [0.1, 0.15) is 5.76 Å². The molecule has 1 aromatic heterocycles. The lowest BCUT2D eigenvalue weighted by Crippen LogP contribution is -2.35. The second kappa shape index (κ2) is 6.28. The molecule has 0 aliphatic heterocycles. The summed E-state index contributed by atoms with van der Waals surface area (Å²) >= 11 is 0. The van der Waals surface area contributed by atoms with E-state index >= 15 is 0 Å². The summed E-state index contributed by atoms with van der Waals surface area (Å²) in [6.45, 7) is 2.59. The molecule has 2 unspecified atom stereocenters. The number of rotatable bonds is 6. The van der Waals surface area contributed by atoms with Gasteiger partial charge in [-0.2, -0.15) is 0 Å². The van der Waals surface area contributed by atoms with Crippen molar-refractivity contribution in [3.63, 3.8) is 0 Å². The highest BCUT2D eigenvalue weighted by molar-refractivity contribution is 5.08. The van der Waals surface area contributed by atoms with Crippen LogP contribution in [0.5, 0.6) is 0 Å². The normalized spacial score (nSPS) is 14.5. The summed E-state index contributed by atoms with van der Waals surface area (Å²) in [7, 11) is 0. The van der Waals surface area contributed by atoms with Gasteiger partial charge in [0.2, 0.25) is 0 Å². The van der Waals surface area contributed by atoms with E-state index in [1.807, 2.05) is 12.1 Å². The molecule has 0 aromatic carbocycles. The van der Waals surface area contributed by atoms with Crippen LogP contribution in [0.2, 0.25) is 0 Å². The summed E-state index contributed by atoms with van der Waals surface area (Å²) in [4.78, 5) is 0. The number of nitrogens with two attached hydrogens (primary N) is 1. The average Bonchev–Trinajstić information content (AvgIpc) is 2.77. The molecule has 0 saturated carbocycles. The summed E-state index contributed by atoms with van der Waals surface area (Å²) in [5, 5.41) is 3.30. The lowest BCUT2D eigenvalue weighted by atomic mass is 10.1. The molecule has 0 aliphatic rings. The fourth-order valence-electron chi connectivity index (χ4n) is 1.50. The van der Waals surface area contributed by atoms with E-state index in [4.69, 9.17) is 16.6 Å². The van der Waals surface area contributed by atoms with Crippen LogP contribution in [0, 0.1) is 12.3 Å². The molecule has 0 aliphatic carbocycles. The van der Waals surface area contributed by atoms with E-state index in [-0.39, 0.29) is 12.1 Å². The van der Waals surface area contributed by atoms with E-state index in [0.29, 0.717) is 6.54 Å². The Labute approximate surface area is 91.0 Å². The molecular formula is C12H18N2O. The first-order valence-corrected chi connectivity index (χ1v) is 5.27. The molecule has 0 amide bonds. The van der Waals surface area contributed by atoms with Gasteiger partial charge >= 0.3 is 0 Å². The van der Waals surface area contributed by atoms with Crippen molar-refractivity contribution in [2.75, 3.05) is 6.54 Å². The molecular weight excluding hydrogens is 188 g/mol. The molecule has 3 heteroatoms. The van der Waals surface area contributed by atoms with Crippen molar-refractivity contribution < 1.29 is 4.42 Å². The predicted octanol–water partition coefficient (Wildman–Crippen LogP) is 1.67. The third-order valence-electron chi connectivity index (χ3n) is 2.30. The van der Waals surface area contributed by atoms with Gasteiger partial charge in [-0.3, -0.25) is 5.32 Å². The van der Waals surface area contributed by atoms with Gasteiger partial charge < -0.3 is 10.2 Å². The molecule has 0 radical (unpaired) electrons. The standard InChI is InChI=1S/C12H18N2O/c1-3-6-10(4-2)14-11(9-13)12-7-5-8-15-12/h2,5,7-8,10-11,14H,3,6,9,13H2,1H3. The Kier molecular flexibility index (Phi) is 4.96. The minimum Gasteiger partial charge on any atom is -0.468 e. The second-order valence-corrected chi connectivity index (χ2v) is 3.48. The SMILES string of the molecule is C#CC(CCC)NC(CN)c1ccco1. The van der Waals surface area contributed by atoms with Gasteiger partial charge in [-0.25, -0.2) is 0 Å². The zero-order chi connectivity index (χ0) is 11.1. The van der Waals surface area contributed by atoms with Crippen molar-refractivity contribution in [1.29, 1.82) is 0 Å². The van der Waals surface area contributed by atoms with Gasteiger partial charge in [0.25, 0.3) is 0 Å². The van der Waals surface area contributed by atoms with Crippen molar-refractivity contribution in [2.45, 2.75) is 31.8 Å². The zero-order valence-electron chi connectivity index (χ0n) is 9.07. The summed E-state index contributed by atoms with van der Waals surface area (Å²) < 4.78 is 5.30. The quantitative estimate of drug-likeness (QED) is 0.696. The Morgan fingerprint density at radius 3 is 2.93 bits per heavy atom. The van der Waals surface area contributed by atoms with Crippen LogP contribution in [0.3, 0.4) is 0 Å². The van der Waals surface area contributed by atoms with Crippen LogP contribution >= 0.6 is 0 Å². The molecule has 1 heterocycles. The van der Waals surface area contributed by atoms with Crippen LogP contribution in [0.15, 0.2) is 22.8 Å². The van der Waals surface area contributed by atoms with Crippen molar-refractivity contribution in [1.82, 2.24) is 5.32 Å². The Hall–Kier alpha value is -1.24. The zero-order valence-corrected chi connectivity index (χ0v) is 9.07. The van der Waals surface area contributed by atoms with Crippen LogP contribution in [0.4, 0.5) is 0 Å². The van der Waals surface area contributed by atoms with Crippen LogP contribution < -0.4 is 11.1 Å². The predicted molar refractivity (Wildman–Crippen MR) is 61.2 cm³/mol. The summed E-state index contributed by atoms with van der Waals surface area (Å²) in [6.07, 6.45) is 9.08. The lowest BCUT2D eigenvalue weighted by molar-refractivity contribution is 0.393. The van der Waals surface area contributed by atoms with Gasteiger partial charge in [0.15, 0.2) is 0 Å². The number of furan rings is 1. The van der Waals surface area contributed by atoms with Gasteiger partial charge in [0, 0.05) is 6.54 Å². The first kappa shape index (κ1) is 11.8. The first-order valence-electron chi connectivity index (χ1n) is 5.27. The van der Waals surface area contributed by atoms with Gasteiger partial charge in [-0.05, 0) is 18.6 Å². The Morgan fingerprint density at radius 2 is 2.47 bits per heavy atom. The first-order chi connectivity index (χ1) is 7.31. The maximum absolute atomic E-state index is 5.67. The molecule has 2 atom stereocenters. The minimum absolute atomic E-state index is 0.00704. The number of nitrogens with one attached hydrogen (secondary N) is 1. The molecule has 3 N–H and O–H groups in total. The van der Waals surface area contributed by atoms with E-state index in [9.17, 15) is 0 Å². The summed E-state index contributed by atoms with van der Waals surface area (Å²) in [5.74, 6) is 3.56.